The summed E-state index contributed by atoms with van der Waals surface area (Å²) in [6, 6.07) is 5.68. The van der Waals surface area contributed by atoms with Crippen molar-refractivity contribution < 1.29 is 9.18 Å². The minimum absolute atomic E-state index is 0.0263. The number of hydrogen-bond donors (Lipinski definition) is 0. The number of rotatable bonds is 4. The van der Waals surface area contributed by atoms with Crippen molar-refractivity contribution in [3.05, 3.63) is 35.6 Å². The van der Waals surface area contributed by atoms with Crippen molar-refractivity contribution in [1.82, 2.24) is 0 Å². The maximum absolute atomic E-state index is 12.5. The van der Waals surface area contributed by atoms with Crippen LogP contribution >= 0.6 is 11.8 Å². The smallest absolute Gasteiger partial charge is 0.219 e. The Morgan fingerprint density at radius 1 is 1.36 bits per heavy atom. The van der Waals surface area contributed by atoms with Gasteiger partial charge in [-0.15, -0.1) is 0 Å². The molecule has 1 nitrogen and oxygen atoms in total. The molecule has 0 unspecified atom stereocenters. The molecule has 0 amide bonds. The topological polar surface area (TPSA) is 17.1 Å². The predicted molar refractivity (Wildman–Crippen MR) is 58.1 cm³/mol. The van der Waals surface area contributed by atoms with Gasteiger partial charge in [-0.05, 0) is 30.7 Å². The molecule has 0 aliphatic carbocycles. The molecule has 0 atom stereocenters. The highest BCUT2D eigenvalue weighted by atomic mass is 32.2. The fraction of sp³-hybridized carbons (Fsp3) is 0.364. The molecular weight excluding hydrogens is 199 g/mol. The van der Waals surface area contributed by atoms with E-state index in [4.69, 9.17) is 0 Å². The summed E-state index contributed by atoms with van der Waals surface area (Å²) in [4.78, 5) is 11.5. The summed E-state index contributed by atoms with van der Waals surface area (Å²) in [5.41, 5.74) is 0.576. The normalized spacial score (nSPS) is 10.1. The Morgan fingerprint density at radius 3 is 2.57 bits per heavy atom. The molecule has 0 N–H and O–H groups in total. The quantitative estimate of drug-likeness (QED) is 0.710. The summed E-state index contributed by atoms with van der Waals surface area (Å²) in [7, 11) is 0. The average molecular weight is 212 g/mol. The Hall–Kier alpha value is -0.830. The van der Waals surface area contributed by atoms with E-state index in [0.29, 0.717) is 5.56 Å². The molecule has 14 heavy (non-hydrogen) atoms. The van der Waals surface area contributed by atoms with Crippen LogP contribution in [-0.2, 0) is 0 Å². The zero-order valence-corrected chi connectivity index (χ0v) is 8.94. The Balaban J connectivity index is 2.48. The third-order valence-corrected chi connectivity index (χ3v) is 2.80. The zero-order valence-electron chi connectivity index (χ0n) is 8.13. The van der Waals surface area contributed by atoms with E-state index in [-0.39, 0.29) is 10.9 Å². The van der Waals surface area contributed by atoms with Crippen LogP contribution in [0.25, 0.3) is 0 Å². The lowest BCUT2D eigenvalue weighted by atomic mass is 10.2. The van der Waals surface area contributed by atoms with E-state index in [0.717, 1.165) is 18.6 Å². The van der Waals surface area contributed by atoms with E-state index in [1.807, 2.05) is 0 Å². The molecule has 0 aromatic heterocycles. The number of halogens is 1. The van der Waals surface area contributed by atoms with Gasteiger partial charge in [-0.2, -0.15) is 0 Å². The van der Waals surface area contributed by atoms with Gasteiger partial charge in [0.1, 0.15) is 5.82 Å². The molecular formula is C11H13FOS. The second kappa shape index (κ2) is 5.81. The molecule has 0 saturated heterocycles. The maximum atomic E-state index is 12.5. The second-order valence-corrected chi connectivity index (χ2v) is 4.06. The first-order valence-electron chi connectivity index (χ1n) is 4.66. The monoisotopic (exact) mass is 212 g/mol. The maximum Gasteiger partial charge on any atom is 0.219 e. The van der Waals surface area contributed by atoms with Gasteiger partial charge in [0.15, 0.2) is 0 Å². The predicted octanol–water partition coefficient (Wildman–Crippen LogP) is 3.50. The second-order valence-electron chi connectivity index (χ2n) is 3.00. The van der Waals surface area contributed by atoms with E-state index in [1.54, 1.807) is 0 Å². The van der Waals surface area contributed by atoms with E-state index < -0.39 is 0 Å². The lowest BCUT2D eigenvalue weighted by Gasteiger charge is -1.99. The van der Waals surface area contributed by atoms with Crippen LogP contribution in [-0.4, -0.2) is 10.9 Å². The summed E-state index contributed by atoms with van der Waals surface area (Å²) < 4.78 is 12.5. The van der Waals surface area contributed by atoms with Gasteiger partial charge in [0.2, 0.25) is 5.12 Å². The minimum Gasteiger partial charge on any atom is -0.282 e. The molecule has 0 aliphatic heterocycles. The van der Waals surface area contributed by atoms with Gasteiger partial charge >= 0.3 is 0 Å². The Bertz CT molecular complexity index is 295. The molecule has 0 fully saturated rings. The first-order chi connectivity index (χ1) is 6.74. The van der Waals surface area contributed by atoms with Gasteiger partial charge < -0.3 is 0 Å². The fourth-order valence-corrected chi connectivity index (χ4v) is 1.90. The molecule has 76 valence electrons. The van der Waals surface area contributed by atoms with E-state index >= 15 is 0 Å². The average Bonchev–Trinajstić information content (AvgIpc) is 2.19. The lowest BCUT2D eigenvalue weighted by Crippen LogP contribution is -1.94. The summed E-state index contributed by atoms with van der Waals surface area (Å²) in [5, 5.41) is 0.0263. The van der Waals surface area contributed by atoms with E-state index in [2.05, 4.69) is 6.92 Å². The van der Waals surface area contributed by atoms with Gasteiger partial charge in [0, 0.05) is 11.3 Å². The van der Waals surface area contributed by atoms with E-state index in [9.17, 15) is 9.18 Å². The summed E-state index contributed by atoms with van der Waals surface area (Å²) >= 11 is 1.30. The molecule has 0 saturated carbocycles. The SMILES string of the molecule is CCCCSC(=O)c1ccc(F)cc1. The van der Waals surface area contributed by atoms with Crippen LogP contribution in [0.4, 0.5) is 4.39 Å². The Labute approximate surface area is 87.7 Å². The molecule has 1 aromatic carbocycles. The highest BCUT2D eigenvalue weighted by molar-refractivity contribution is 8.14. The Kier molecular flexibility index (Phi) is 4.66. The summed E-state index contributed by atoms with van der Waals surface area (Å²) in [5.74, 6) is 0.535. The summed E-state index contributed by atoms with van der Waals surface area (Å²) in [6.07, 6.45) is 2.13. The van der Waals surface area contributed by atoms with Crippen molar-refractivity contribution in [2.45, 2.75) is 19.8 Å². The van der Waals surface area contributed by atoms with Crippen LogP contribution in [0, 0.1) is 5.82 Å². The van der Waals surface area contributed by atoms with Crippen LogP contribution in [0.2, 0.25) is 0 Å². The van der Waals surface area contributed by atoms with Crippen LogP contribution in [0.15, 0.2) is 24.3 Å². The van der Waals surface area contributed by atoms with Gasteiger partial charge in [0.05, 0.1) is 0 Å². The summed E-state index contributed by atoms with van der Waals surface area (Å²) in [6.45, 7) is 2.09. The third-order valence-electron chi connectivity index (χ3n) is 1.81. The van der Waals surface area contributed by atoms with Gasteiger partial charge in [0.25, 0.3) is 0 Å². The highest BCUT2D eigenvalue weighted by Gasteiger charge is 2.05. The van der Waals surface area contributed by atoms with Crippen LogP contribution in [0.5, 0.6) is 0 Å². The number of hydrogen-bond acceptors (Lipinski definition) is 2. The molecule has 0 radical (unpaired) electrons. The van der Waals surface area contributed by atoms with Crippen molar-refractivity contribution >= 4 is 16.9 Å². The van der Waals surface area contributed by atoms with Crippen molar-refractivity contribution in [2.24, 2.45) is 0 Å². The molecule has 3 heteroatoms. The first-order valence-corrected chi connectivity index (χ1v) is 5.65. The first kappa shape index (κ1) is 11.2. The largest absolute Gasteiger partial charge is 0.282 e. The molecule has 1 rings (SSSR count). The van der Waals surface area contributed by atoms with Crippen molar-refractivity contribution in [3.63, 3.8) is 0 Å². The number of thioether (sulfide) groups is 1. The minimum atomic E-state index is -0.305. The van der Waals surface area contributed by atoms with Crippen LogP contribution < -0.4 is 0 Å². The van der Waals surface area contributed by atoms with Gasteiger partial charge in [-0.3, -0.25) is 4.79 Å². The lowest BCUT2D eigenvalue weighted by molar-refractivity contribution is 0.108. The zero-order chi connectivity index (χ0) is 10.4. The van der Waals surface area contributed by atoms with Crippen molar-refractivity contribution in [1.29, 1.82) is 0 Å². The standard InChI is InChI=1S/C11H13FOS/c1-2-3-8-14-11(13)9-4-6-10(12)7-5-9/h4-7H,2-3,8H2,1H3. The van der Waals surface area contributed by atoms with Gasteiger partial charge in [-0.1, -0.05) is 25.1 Å². The molecule has 0 heterocycles. The number of carbonyl (C=O) groups is 1. The molecule has 0 aliphatic rings. The van der Waals surface area contributed by atoms with E-state index in [1.165, 1.54) is 36.0 Å². The van der Waals surface area contributed by atoms with Gasteiger partial charge in [-0.25, -0.2) is 4.39 Å². The van der Waals surface area contributed by atoms with Crippen molar-refractivity contribution in [2.75, 3.05) is 5.75 Å². The number of carbonyl (C=O) groups excluding carboxylic acids is 1. The Morgan fingerprint density at radius 2 is 2.00 bits per heavy atom. The highest BCUT2D eigenvalue weighted by Crippen LogP contribution is 2.14. The third kappa shape index (κ3) is 3.50. The molecule has 1 aromatic rings. The molecule has 0 spiro atoms. The molecule has 0 bridgehead atoms. The number of unbranched alkanes of at least 4 members (excludes halogenated alkanes) is 1. The van der Waals surface area contributed by atoms with Crippen molar-refractivity contribution in [3.8, 4) is 0 Å². The fourth-order valence-electron chi connectivity index (χ4n) is 0.979. The van der Waals surface area contributed by atoms with Crippen LogP contribution in [0.3, 0.4) is 0 Å². The van der Waals surface area contributed by atoms with Crippen LogP contribution in [0.1, 0.15) is 30.1 Å². The number of benzene rings is 1.